The van der Waals surface area contributed by atoms with E-state index in [1.165, 1.54) is 24.5 Å². The molecule has 136 valence electrons. The smallest absolute Gasteiger partial charge is 0.278 e. The van der Waals surface area contributed by atoms with Crippen LogP contribution >= 0.6 is 28.3 Å². The highest BCUT2D eigenvalue weighted by atomic mass is 79.9. The molecule has 0 radical (unpaired) electrons. The highest BCUT2D eigenvalue weighted by molar-refractivity contribution is 9.10. The average Bonchev–Trinajstić information content (AvgIpc) is 2.55. The van der Waals surface area contributed by atoms with E-state index in [2.05, 4.69) is 25.9 Å². The second-order valence-corrected chi connectivity index (χ2v) is 6.26. The van der Waals surface area contributed by atoms with Crippen molar-refractivity contribution in [3.63, 3.8) is 0 Å². The van der Waals surface area contributed by atoms with Crippen LogP contribution in [0.5, 0.6) is 23.3 Å². The van der Waals surface area contributed by atoms with Gasteiger partial charge in [-0.05, 0) is 28.9 Å². The SMILES string of the molecule is CCOSOc1cc(Br)cnc1Oc1cc(OCC(C)(F)F)ccn1. The number of alkyl halides is 2. The van der Waals surface area contributed by atoms with Crippen molar-refractivity contribution >= 4 is 28.3 Å². The second kappa shape index (κ2) is 9.16. The lowest BCUT2D eigenvalue weighted by Gasteiger charge is -2.13. The quantitative estimate of drug-likeness (QED) is 0.402. The van der Waals surface area contributed by atoms with E-state index in [9.17, 15) is 8.78 Å². The zero-order chi connectivity index (χ0) is 18.3. The summed E-state index contributed by atoms with van der Waals surface area (Å²) in [5.41, 5.74) is 0. The summed E-state index contributed by atoms with van der Waals surface area (Å²) in [6, 6.07) is 4.48. The van der Waals surface area contributed by atoms with Crippen molar-refractivity contribution in [3.05, 3.63) is 35.1 Å². The minimum atomic E-state index is -2.94. The van der Waals surface area contributed by atoms with E-state index in [0.717, 1.165) is 19.2 Å². The first-order chi connectivity index (χ1) is 11.9. The summed E-state index contributed by atoms with van der Waals surface area (Å²) in [7, 11) is 0. The molecule has 2 heterocycles. The minimum Gasteiger partial charge on any atom is -0.487 e. The van der Waals surface area contributed by atoms with Gasteiger partial charge in [-0.25, -0.2) is 18.7 Å². The molecule has 0 amide bonds. The number of rotatable bonds is 9. The van der Waals surface area contributed by atoms with Gasteiger partial charge >= 0.3 is 0 Å². The molecule has 2 rings (SSSR count). The lowest BCUT2D eigenvalue weighted by atomic mass is 10.4. The second-order valence-electron chi connectivity index (χ2n) is 4.81. The molecule has 2 aromatic rings. The number of pyridine rings is 2. The Kier molecular flexibility index (Phi) is 7.21. The zero-order valence-corrected chi connectivity index (χ0v) is 15.8. The van der Waals surface area contributed by atoms with Gasteiger partial charge in [-0.3, -0.25) is 4.18 Å². The Morgan fingerprint density at radius 3 is 2.80 bits per heavy atom. The fraction of sp³-hybridized carbons (Fsp3) is 0.333. The van der Waals surface area contributed by atoms with Crippen molar-refractivity contribution in [1.29, 1.82) is 0 Å². The van der Waals surface area contributed by atoms with Crippen molar-refractivity contribution in [1.82, 2.24) is 9.97 Å². The molecule has 0 spiro atoms. The molecule has 10 heteroatoms. The first-order valence-electron chi connectivity index (χ1n) is 7.13. The maximum absolute atomic E-state index is 12.9. The van der Waals surface area contributed by atoms with Crippen LogP contribution in [-0.4, -0.2) is 29.1 Å². The molecule has 0 aliphatic carbocycles. The van der Waals surface area contributed by atoms with E-state index in [4.69, 9.17) is 17.8 Å². The van der Waals surface area contributed by atoms with Crippen LogP contribution in [0.4, 0.5) is 8.78 Å². The van der Waals surface area contributed by atoms with Gasteiger partial charge in [-0.2, -0.15) is 0 Å². The van der Waals surface area contributed by atoms with Gasteiger partial charge in [0.1, 0.15) is 5.75 Å². The van der Waals surface area contributed by atoms with Crippen molar-refractivity contribution in [2.45, 2.75) is 19.8 Å². The molecule has 0 unspecified atom stereocenters. The first-order valence-corrected chi connectivity index (χ1v) is 8.59. The maximum atomic E-state index is 12.9. The van der Waals surface area contributed by atoms with Crippen LogP contribution in [0.2, 0.25) is 0 Å². The number of halogens is 3. The number of hydrogen-bond donors (Lipinski definition) is 0. The van der Waals surface area contributed by atoms with Crippen LogP contribution < -0.4 is 13.7 Å². The molecule has 0 aliphatic heterocycles. The van der Waals surface area contributed by atoms with Crippen molar-refractivity contribution in [3.8, 4) is 23.3 Å². The standard InChI is InChI=1S/C15H15BrF2N2O4S/c1-3-22-25-24-12-6-10(16)8-20-14(12)23-13-7-11(4-5-19-13)21-9-15(2,17)18/h4-8H,3,9H2,1-2H3. The van der Waals surface area contributed by atoms with E-state index in [1.807, 2.05) is 6.92 Å². The van der Waals surface area contributed by atoms with Gasteiger partial charge in [-0.15, -0.1) is 0 Å². The van der Waals surface area contributed by atoms with E-state index >= 15 is 0 Å². The van der Waals surface area contributed by atoms with Crippen molar-refractivity contribution in [2.75, 3.05) is 13.2 Å². The molecule has 0 aliphatic rings. The van der Waals surface area contributed by atoms with E-state index < -0.39 is 12.5 Å². The highest BCUT2D eigenvalue weighted by Gasteiger charge is 2.22. The number of aromatic nitrogens is 2. The zero-order valence-electron chi connectivity index (χ0n) is 13.4. The molecule has 25 heavy (non-hydrogen) atoms. The van der Waals surface area contributed by atoms with Gasteiger partial charge in [0.2, 0.25) is 24.0 Å². The predicted molar refractivity (Wildman–Crippen MR) is 92.2 cm³/mol. The van der Waals surface area contributed by atoms with E-state index in [0.29, 0.717) is 16.8 Å². The molecule has 0 fully saturated rings. The molecular formula is C15H15BrF2N2O4S. The monoisotopic (exact) mass is 436 g/mol. The fourth-order valence-corrected chi connectivity index (χ4v) is 2.15. The molecule has 6 nitrogen and oxygen atoms in total. The number of ether oxygens (including phenoxy) is 2. The van der Waals surface area contributed by atoms with Gasteiger partial charge in [0.15, 0.2) is 6.61 Å². The molecule has 0 atom stereocenters. The van der Waals surface area contributed by atoms with Crippen LogP contribution in [0, 0.1) is 0 Å². The average molecular weight is 437 g/mol. The van der Waals surface area contributed by atoms with Crippen LogP contribution in [-0.2, 0) is 4.18 Å². The number of nitrogens with zero attached hydrogens (tertiary/aromatic N) is 2. The van der Waals surface area contributed by atoms with Crippen molar-refractivity contribution in [2.24, 2.45) is 0 Å². The van der Waals surface area contributed by atoms with Crippen LogP contribution in [0.3, 0.4) is 0 Å². The van der Waals surface area contributed by atoms with Gasteiger partial charge in [0.05, 0.1) is 6.61 Å². The van der Waals surface area contributed by atoms with Gasteiger partial charge in [0, 0.05) is 35.9 Å². The van der Waals surface area contributed by atoms with Gasteiger partial charge < -0.3 is 13.7 Å². The van der Waals surface area contributed by atoms with Gasteiger partial charge in [-0.1, -0.05) is 0 Å². The summed E-state index contributed by atoms with van der Waals surface area (Å²) >= 11 is 4.07. The lowest BCUT2D eigenvalue weighted by Crippen LogP contribution is -2.20. The van der Waals surface area contributed by atoms with E-state index in [-0.39, 0.29) is 17.5 Å². The van der Waals surface area contributed by atoms with Crippen LogP contribution in [0.1, 0.15) is 13.8 Å². The summed E-state index contributed by atoms with van der Waals surface area (Å²) in [6.45, 7) is 2.32. The van der Waals surface area contributed by atoms with Crippen LogP contribution in [0.25, 0.3) is 0 Å². The minimum absolute atomic E-state index is 0.123. The normalized spacial score (nSPS) is 11.2. The molecule has 0 N–H and O–H groups in total. The highest BCUT2D eigenvalue weighted by Crippen LogP contribution is 2.34. The topological polar surface area (TPSA) is 62.7 Å². The molecule has 0 bridgehead atoms. The Morgan fingerprint density at radius 1 is 1.28 bits per heavy atom. The Labute approximate surface area is 156 Å². The predicted octanol–water partition coefficient (Wildman–Crippen LogP) is 5.04. The summed E-state index contributed by atoms with van der Waals surface area (Å²) in [5.74, 6) is -2.16. The maximum Gasteiger partial charge on any atom is 0.278 e. The van der Waals surface area contributed by atoms with Gasteiger partial charge in [0.25, 0.3) is 11.8 Å². The lowest BCUT2D eigenvalue weighted by molar-refractivity contribution is -0.0230. The van der Waals surface area contributed by atoms with E-state index in [1.54, 1.807) is 6.07 Å². The third kappa shape index (κ3) is 7.00. The Bertz CT molecular complexity index is 703. The molecule has 0 saturated heterocycles. The molecule has 0 aromatic carbocycles. The Hall–Kier alpha value is -1.65. The molecule has 0 saturated carbocycles. The summed E-state index contributed by atoms with van der Waals surface area (Å²) in [6.07, 6.45) is 2.90. The summed E-state index contributed by atoms with van der Waals surface area (Å²) in [5, 5.41) is 0. The van der Waals surface area contributed by atoms with Crippen molar-refractivity contribution < 1.29 is 26.6 Å². The Balaban J connectivity index is 2.11. The summed E-state index contributed by atoms with van der Waals surface area (Å²) in [4.78, 5) is 8.11. The summed E-state index contributed by atoms with van der Waals surface area (Å²) < 4.78 is 47.4. The third-order valence-electron chi connectivity index (χ3n) is 2.47. The number of hydrogen-bond acceptors (Lipinski definition) is 7. The fourth-order valence-electron chi connectivity index (χ4n) is 1.50. The molecular weight excluding hydrogens is 422 g/mol. The third-order valence-corrected chi connectivity index (χ3v) is 3.49. The largest absolute Gasteiger partial charge is 0.487 e. The first kappa shape index (κ1) is 19.7. The Morgan fingerprint density at radius 2 is 2.08 bits per heavy atom. The van der Waals surface area contributed by atoms with Crippen LogP contribution in [0.15, 0.2) is 35.1 Å². The molecule has 2 aromatic heterocycles.